The van der Waals surface area contributed by atoms with Crippen LogP contribution in [0.1, 0.15) is 20.8 Å². The van der Waals surface area contributed by atoms with Crippen LogP contribution in [0.5, 0.6) is 0 Å². The van der Waals surface area contributed by atoms with Crippen LogP contribution >= 0.6 is 0 Å². The van der Waals surface area contributed by atoms with Crippen LogP contribution in [0.2, 0.25) is 0 Å². The maximum absolute atomic E-state index is 11.0. The van der Waals surface area contributed by atoms with Gasteiger partial charge >= 0.3 is 11.9 Å². The largest absolute Gasteiger partial charge is 0.478 e. The van der Waals surface area contributed by atoms with Crippen molar-refractivity contribution in [2.45, 2.75) is 0 Å². The van der Waals surface area contributed by atoms with Gasteiger partial charge in [-0.3, -0.25) is 0 Å². The highest BCUT2D eigenvalue weighted by molar-refractivity contribution is 6.04. The highest BCUT2D eigenvalue weighted by Crippen LogP contribution is 2.27. The molecule has 5 nitrogen and oxygen atoms in total. The fraction of sp³-hybridized carbons (Fsp3) is 0. The Balaban J connectivity index is 2.69. The molecular formula is C12H9NO4. The highest BCUT2D eigenvalue weighted by atomic mass is 16.4. The van der Waals surface area contributed by atoms with Crippen molar-refractivity contribution >= 4 is 11.9 Å². The number of carbonyl (C=O) groups is 2. The third kappa shape index (κ3) is 1.90. The lowest BCUT2D eigenvalue weighted by Gasteiger charge is -2.02. The Morgan fingerprint density at radius 3 is 2.18 bits per heavy atom. The predicted octanol–water partition coefficient (Wildman–Crippen LogP) is 2.08. The van der Waals surface area contributed by atoms with Crippen LogP contribution in [0.4, 0.5) is 0 Å². The van der Waals surface area contributed by atoms with Crippen LogP contribution in [-0.4, -0.2) is 27.1 Å². The average molecular weight is 231 g/mol. The Hall–Kier alpha value is -2.56. The molecule has 17 heavy (non-hydrogen) atoms. The van der Waals surface area contributed by atoms with Crippen LogP contribution in [0.25, 0.3) is 11.1 Å². The molecule has 0 bridgehead atoms. The number of rotatable bonds is 3. The maximum Gasteiger partial charge on any atom is 0.352 e. The molecule has 0 unspecified atom stereocenters. The van der Waals surface area contributed by atoms with E-state index in [0.29, 0.717) is 5.56 Å². The zero-order valence-corrected chi connectivity index (χ0v) is 8.68. The molecule has 0 aliphatic heterocycles. The number of benzene rings is 1. The van der Waals surface area contributed by atoms with Crippen molar-refractivity contribution in [3.63, 3.8) is 0 Å². The van der Waals surface area contributed by atoms with Gasteiger partial charge in [0.05, 0.1) is 5.56 Å². The predicted molar refractivity (Wildman–Crippen MR) is 60.1 cm³/mol. The van der Waals surface area contributed by atoms with Crippen LogP contribution in [-0.2, 0) is 0 Å². The first-order valence-corrected chi connectivity index (χ1v) is 4.84. The Labute approximate surface area is 96.3 Å². The van der Waals surface area contributed by atoms with Crippen molar-refractivity contribution in [1.29, 1.82) is 0 Å². The number of nitrogens with one attached hydrogen (secondary N) is 1. The lowest BCUT2D eigenvalue weighted by Crippen LogP contribution is -2.02. The quantitative estimate of drug-likeness (QED) is 0.754. The minimum atomic E-state index is -1.18. The summed E-state index contributed by atoms with van der Waals surface area (Å²) in [6.45, 7) is 0. The summed E-state index contributed by atoms with van der Waals surface area (Å²) in [6.07, 6.45) is 1.19. The summed E-state index contributed by atoms with van der Waals surface area (Å²) in [5.41, 5.74) is 0.594. The third-order valence-electron chi connectivity index (χ3n) is 2.39. The van der Waals surface area contributed by atoms with Crippen LogP contribution in [0, 0.1) is 0 Å². The first-order chi connectivity index (χ1) is 8.11. The van der Waals surface area contributed by atoms with Gasteiger partial charge in [0.25, 0.3) is 0 Å². The molecule has 0 saturated heterocycles. The van der Waals surface area contributed by atoms with E-state index in [1.54, 1.807) is 30.3 Å². The summed E-state index contributed by atoms with van der Waals surface area (Å²) < 4.78 is 0. The summed E-state index contributed by atoms with van der Waals surface area (Å²) in [7, 11) is 0. The fourth-order valence-corrected chi connectivity index (χ4v) is 1.67. The molecule has 0 aliphatic carbocycles. The molecule has 0 atom stereocenters. The lowest BCUT2D eigenvalue weighted by atomic mass is 10.0. The minimum Gasteiger partial charge on any atom is -0.478 e. The monoisotopic (exact) mass is 231 g/mol. The van der Waals surface area contributed by atoms with Crippen LogP contribution in [0.15, 0.2) is 36.5 Å². The van der Waals surface area contributed by atoms with Gasteiger partial charge in [-0.05, 0) is 5.56 Å². The van der Waals surface area contributed by atoms with E-state index in [1.807, 2.05) is 0 Å². The lowest BCUT2D eigenvalue weighted by molar-refractivity contribution is 0.0688. The summed E-state index contributed by atoms with van der Waals surface area (Å²) in [5.74, 6) is -2.34. The van der Waals surface area contributed by atoms with Gasteiger partial charge in [-0.15, -0.1) is 0 Å². The molecule has 0 spiro atoms. The molecule has 1 heterocycles. The maximum atomic E-state index is 11.0. The molecule has 1 aromatic carbocycles. The molecule has 2 aromatic rings. The second-order valence-corrected chi connectivity index (χ2v) is 3.43. The molecule has 3 N–H and O–H groups in total. The van der Waals surface area contributed by atoms with Gasteiger partial charge in [-0.2, -0.15) is 0 Å². The van der Waals surface area contributed by atoms with Crippen molar-refractivity contribution in [1.82, 2.24) is 4.98 Å². The standard InChI is InChI=1S/C12H9NO4/c14-11(15)8-6-13-10(12(16)17)9(8)7-4-2-1-3-5-7/h1-6,13H,(H,14,15)(H,16,17). The van der Waals surface area contributed by atoms with Crippen molar-refractivity contribution in [3.05, 3.63) is 47.8 Å². The van der Waals surface area contributed by atoms with Gasteiger partial charge < -0.3 is 15.2 Å². The number of aromatic carboxylic acids is 2. The Morgan fingerprint density at radius 1 is 1.00 bits per heavy atom. The van der Waals surface area contributed by atoms with Crippen LogP contribution < -0.4 is 0 Å². The summed E-state index contributed by atoms with van der Waals surface area (Å²) in [6, 6.07) is 8.56. The molecular weight excluding hydrogens is 222 g/mol. The van der Waals surface area contributed by atoms with Crippen molar-refractivity contribution in [2.24, 2.45) is 0 Å². The topological polar surface area (TPSA) is 90.4 Å². The number of carboxylic acid groups (broad SMARTS) is 2. The Kier molecular flexibility index (Phi) is 2.66. The zero-order chi connectivity index (χ0) is 12.4. The van der Waals surface area contributed by atoms with E-state index in [1.165, 1.54) is 6.20 Å². The Bertz CT molecular complexity index is 540. The number of aromatic nitrogens is 1. The zero-order valence-electron chi connectivity index (χ0n) is 8.68. The number of hydrogen-bond acceptors (Lipinski definition) is 2. The van der Waals surface area contributed by atoms with Gasteiger partial charge in [-0.25, -0.2) is 9.59 Å². The van der Waals surface area contributed by atoms with Crippen LogP contribution in [0.3, 0.4) is 0 Å². The SMILES string of the molecule is O=C(O)c1c[nH]c(C(=O)O)c1-c1ccccc1. The molecule has 5 heteroatoms. The van der Waals surface area contributed by atoms with Gasteiger partial charge in [-0.1, -0.05) is 30.3 Å². The Morgan fingerprint density at radius 2 is 1.65 bits per heavy atom. The molecule has 1 aromatic heterocycles. The van der Waals surface area contributed by atoms with E-state index < -0.39 is 11.9 Å². The number of hydrogen-bond donors (Lipinski definition) is 3. The van der Waals surface area contributed by atoms with E-state index in [2.05, 4.69) is 4.98 Å². The van der Waals surface area contributed by atoms with E-state index in [4.69, 9.17) is 10.2 Å². The van der Waals surface area contributed by atoms with E-state index in [9.17, 15) is 9.59 Å². The third-order valence-corrected chi connectivity index (χ3v) is 2.39. The first-order valence-electron chi connectivity index (χ1n) is 4.84. The number of carboxylic acids is 2. The summed E-state index contributed by atoms with van der Waals surface area (Å²) in [5, 5.41) is 18.0. The van der Waals surface area contributed by atoms with Gasteiger partial charge in [0, 0.05) is 11.8 Å². The highest BCUT2D eigenvalue weighted by Gasteiger charge is 2.21. The average Bonchev–Trinajstić information content (AvgIpc) is 2.74. The molecule has 0 amide bonds. The summed E-state index contributed by atoms with van der Waals surface area (Å²) in [4.78, 5) is 24.5. The molecule has 0 saturated carbocycles. The first kappa shape index (κ1) is 10.9. The molecule has 0 radical (unpaired) electrons. The number of H-pyrrole nitrogens is 1. The second-order valence-electron chi connectivity index (χ2n) is 3.43. The van der Waals surface area contributed by atoms with E-state index >= 15 is 0 Å². The minimum absolute atomic E-state index is 0.0476. The molecule has 2 rings (SSSR count). The second kappa shape index (κ2) is 4.13. The normalized spacial score (nSPS) is 10.1. The van der Waals surface area contributed by atoms with Gasteiger partial charge in [0.1, 0.15) is 5.69 Å². The molecule has 86 valence electrons. The van der Waals surface area contributed by atoms with Crippen molar-refractivity contribution < 1.29 is 19.8 Å². The molecule has 0 fully saturated rings. The van der Waals surface area contributed by atoms with Gasteiger partial charge in [0.15, 0.2) is 0 Å². The van der Waals surface area contributed by atoms with Crippen molar-refractivity contribution in [2.75, 3.05) is 0 Å². The van der Waals surface area contributed by atoms with E-state index in [0.717, 1.165) is 0 Å². The van der Waals surface area contributed by atoms with Gasteiger partial charge in [0.2, 0.25) is 0 Å². The van der Waals surface area contributed by atoms with E-state index in [-0.39, 0.29) is 16.8 Å². The number of aromatic amines is 1. The smallest absolute Gasteiger partial charge is 0.352 e. The fourth-order valence-electron chi connectivity index (χ4n) is 1.67. The van der Waals surface area contributed by atoms with Crippen molar-refractivity contribution in [3.8, 4) is 11.1 Å². The molecule has 0 aliphatic rings. The summed E-state index contributed by atoms with van der Waals surface area (Å²) >= 11 is 0.